The lowest BCUT2D eigenvalue weighted by Crippen LogP contribution is -2.51. The molecule has 1 heterocycles. The predicted molar refractivity (Wildman–Crippen MR) is 94.3 cm³/mol. The molecule has 2 aromatic carbocycles. The fourth-order valence-electron chi connectivity index (χ4n) is 3.31. The van der Waals surface area contributed by atoms with Gasteiger partial charge >= 0.3 is 5.97 Å². The van der Waals surface area contributed by atoms with Crippen molar-refractivity contribution in [3.8, 4) is 11.1 Å². The van der Waals surface area contributed by atoms with Crippen LogP contribution in [0.1, 0.15) is 28.8 Å². The molecule has 0 spiro atoms. The molecule has 1 amide bonds. The monoisotopic (exact) mass is 339 g/mol. The van der Waals surface area contributed by atoms with E-state index in [1.165, 1.54) is 4.90 Å². The number of piperidine rings is 1. The van der Waals surface area contributed by atoms with Crippen molar-refractivity contribution in [2.24, 2.45) is 0 Å². The zero-order chi connectivity index (χ0) is 18.0. The van der Waals surface area contributed by atoms with E-state index in [4.69, 9.17) is 0 Å². The molecule has 1 fully saturated rings. The number of carboxylic acid groups (broad SMARTS) is 1. The summed E-state index contributed by atoms with van der Waals surface area (Å²) in [6.07, 6.45) is -0.229. The van der Waals surface area contributed by atoms with Crippen LogP contribution >= 0.6 is 0 Å². The molecule has 130 valence electrons. The third kappa shape index (κ3) is 3.56. The van der Waals surface area contributed by atoms with Crippen molar-refractivity contribution in [1.82, 2.24) is 4.90 Å². The lowest BCUT2D eigenvalue weighted by molar-refractivity contribution is -0.145. The number of aryl methyl sites for hydroxylation is 1. The average molecular weight is 339 g/mol. The second-order valence-corrected chi connectivity index (χ2v) is 6.45. The number of hydrogen-bond acceptors (Lipinski definition) is 3. The molecule has 3 rings (SSSR count). The van der Waals surface area contributed by atoms with Gasteiger partial charge < -0.3 is 15.1 Å². The predicted octanol–water partition coefficient (Wildman–Crippen LogP) is 2.71. The number of aliphatic carboxylic acids is 1. The molecule has 5 nitrogen and oxygen atoms in total. The maximum atomic E-state index is 13.1. The highest BCUT2D eigenvalue weighted by Gasteiger charge is 2.36. The van der Waals surface area contributed by atoms with Gasteiger partial charge in [0.25, 0.3) is 5.91 Å². The number of rotatable bonds is 3. The molecule has 0 radical (unpaired) electrons. The molecule has 2 aromatic rings. The van der Waals surface area contributed by atoms with Gasteiger partial charge in [0.1, 0.15) is 6.04 Å². The molecule has 25 heavy (non-hydrogen) atoms. The molecule has 0 aromatic heterocycles. The molecule has 2 N–H and O–H groups in total. The van der Waals surface area contributed by atoms with Crippen LogP contribution in [0, 0.1) is 6.92 Å². The van der Waals surface area contributed by atoms with Crippen molar-refractivity contribution in [2.75, 3.05) is 6.54 Å². The molecular weight excluding hydrogens is 318 g/mol. The van der Waals surface area contributed by atoms with Gasteiger partial charge in [-0.25, -0.2) is 4.79 Å². The number of carbonyl (C=O) groups excluding carboxylic acids is 1. The van der Waals surface area contributed by atoms with Crippen molar-refractivity contribution in [3.63, 3.8) is 0 Å². The number of carbonyl (C=O) groups is 2. The van der Waals surface area contributed by atoms with E-state index in [1.54, 1.807) is 12.1 Å². The Morgan fingerprint density at radius 1 is 1.12 bits per heavy atom. The number of likely N-dealkylation sites (tertiary alicyclic amines) is 1. The number of benzene rings is 2. The summed E-state index contributed by atoms with van der Waals surface area (Å²) in [7, 11) is 0. The lowest BCUT2D eigenvalue weighted by Gasteiger charge is -2.35. The van der Waals surface area contributed by atoms with E-state index in [-0.39, 0.29) is 18.9 Å². The first kappa shape index (κ1) is 17.2. The van der Waals surface area contributed by atoms with E-state index < -0.39 is 18.1 Å². The molecule has 0 unspecified atom stereocenters. The highest BCUT2D eigenvalue weighted by molar-refractivity contribution is 6.02. The molecule has 2 atom stereocenters. The van der Waals surface area contributed by atoms with E-state index in [0.29, 0.717) is 12.0 Å². The highest BCUT2D eigenvalue weighted by Crippen LogP contribution is 2.28. The first-order valence-corrected chi connectivity index (χ1v) is 8.35. The van der Waals surface area contributed by atoms with Gasteiger partial charge in [-0.15, -0.1) is 0 Å². The number of amides is 1. The summed E-state index contributed by atoms with van der Waals surface area (Å²) in [5.74, 6) is -1.39. The number of aliphatic hydroxyl groups excluding tert-OH is 1. The Morgan fingerprint density at radius 3 is 2.60 bits per heavy atom. The van der Waals surface area contributed by atoms with Gasteiger partial charge in [-0.05, 0) is 30.5 Å². The van der Waals surface area contributed by atoms with E-state index in [2.05, 4.69) is 0 Å². The van der Waals surface area contributed by atoms with Crippen molar-refractivity contribution in [3.05, 3.63) is 59.7 Å². The summed E-state index contributed by atoms with van der Waals surface area (Å²) in [5, 5.41) is 19.2. The standard InChI is InChI=1S/C20H21NO4/c1-13-5-4-6-14(11-13)16-7-2-3-8-17(16)19(23)21-10-9-15(22)12-18(21)20(24)25/h2-8,11,15,18,22H,9-10,12H2,1H3,(H,24,25)/t15-,18+/m1/s1. The minimum Gasteiger partial charge on any atom is -0.480 e. The molecule has 5 heteroatoms. The van der Waals surface area contributed by atoms with Crippen LogP contribution in [0.25, 0.3) is 11.1 Å². The van der Waals surface area contributed by atoms with Crippen molar-refractivity contribution in [2.45, 2.75) is 31.9 Å². The summed E-state index contributed by atoms with van der Waals surface area (Å²) >= 11 is 0. The van der Waals surface area contributed by atoms with Crippen LogP contribution in [-0.2, 0) is 4.79 Å². The molecule has 1 aliphatic rings. The maximum absolute atomic E-state index is 13.1. The highest BCUT2D eigenvalue weighted by atomic mass is 16.4. The van der Waals surface area contributed by atoms with Crippen LogP contribution in [0.2, 0.25) is 0 Å². The summed E-state index contributed by atoms with van der Waals surface area (Å²) in [6.45, 7) is 2.22. The van der Waals surface area contributed by atoms with Gasteiger partial charge in [0.05, 0.1) is 6.10 Å². The summed E-state index contributed by atoms with van der Waals surface area (Å²) in [4.78, 5) is 26.0. The molecule has 1 saturated heterocycles. The molecule has 0 aliphatic carbocycles. The second-order valence-electron chi connectivity index (χ2n) is 6.45. The fourth-order valence-corrected chi connectivity index (χ4v) is 3.31. The largest absolute Gasteiger partial charge is 0.480 e. The number of carboxylic acids is 1. The van der Waals surface area contributed by atoms with Crippen LogP contribution in [0.15, 0.2) is 48.5 Å². The Labute approximate surface area is 146 Å². The van der Waals surface area contributed by atoms with Gasteiger partial charge in [0, 0.05) is 18.5 Å². The number of nitrogens with zero attached hydrogens (tertiary/aromatic N) is 1. The van der Waals surface area contributed by atoms with Crippen molar-refractivity contribution < 1.29 is 19.8 Å². The van der Waals surface area contributed by atoms with E-state index in [9.17, 15) is 19.8 Å². The maximum Gasteiger partial charge on any atom is 0.326 e. The van der Waals surface area contributed by atoms with Gasteiger partial charge in [-0.1, -0.05) is 48.0 Å². The first-order valence-electron chi connectivity index (χ1n) is 8.35. The minimum absolute atomic E-state index is 0.0632. The Kier molecular flexibility index (Phi) is 4.86. The molecular formula is C20H21NO4. The Balaban J connectivity index is 1.99. The third-order valence-corrected chi connectivity index (χ3v) is 4.61. The average Bonchev–Trinajstić information content (AvgIpc) is 2.61. The summed E-state index contributed by atoms with van der Waals surface area (Å²) in [6, 6.07) is 14.1. The summed E-state index contributed by atoms with van der Waals surface area (Å²) in [5.41, 5.74) is 3.28. The fraction of sp³-hybridized carbons (Fsp3) is 0.300. The molecule has 0 saturated carbocycles. The Morgan fingerprint density at radius 2 is 1.88 bits per heavy atom. The Bertz CT molecular complexity index is 802. The van der Waals surface area contributed by atoms with Crippen LogP contribution in [0.3, 0.4) is 0 Å². The van der Waals surface area contributed by atoms with Gasteiger partial charge in [-0.3, -0.25) is 4.79 Å². The lowest BCUT2D eigenvalue weighted by atomic mass is 9.94. The van der Waals surface area contributed by atoms with Gasteiger partial charge in [0.2, 0.25) is 0 Å². The number of aliphatic hydroxyl groups is 1. The van der Waals surface area contributed by atoms with Crippen molar-refractivity contribution >= 4 is 11.9 Å². The SMILES string of the molecule is Cc1cccc(-c2ccccc2C(=O)N2CC[C@@H](O)C[C@H]2C(=O)O)c1. The molecule has 1 aliphatic heterocycles. The van der Waals surface area contributed by atoms with Crippen LogP contribution in [0.5, 0.6) is 0 Å². The molecule has 0 bridgehead atoms. The minimum atomic E-state index is -1.08. The smallest absolute Gasteiger partial charge is 0.326 e. The van der Waals surface area contributed by atoms with E-state index in [0.717, 1.165) is 16.7 Å². The van der Waals surface area contributed by atoms with Crippen LogP contribution < -0.4 is 0 Å². The van der Waals surface area contributed by atoms with Gasteiger partial charge in [-0.2, -0.15) is 0 Å². The Hall–Kier alpha value is -2.66. The first-order chi connectivity index (χ1) is 12.0. The van der Waals surface area contributed by atoms with Crippen LogP contribution in [0.4, 0.5) is 0 Å². The topological polar surface area (TPSA) is 77.8 Å². The van der Waals surface area contributed by atoms with E-state index >= 15 is 0 Å². The third-order valence-electron chi connectivity index (χ3n) is 4.61. The van der Waals surface area contributed by atoms with E-state index in [1.807, 2.05) is 43.3 Å². The zero-order valence-corrected chi connectivity index (χ0v) is 14.1. The van der Waals surface area contributed by atoms with Crippen molar-refractivity contribution in [1.29, 1.82) is 0 Å². The summed E-state index contributed by atoms with van der Waals surface area (Å²) < 4.78 is 0. The normalized spacial score (nSPS) is 20.3. The second kappa shape index (κ2) is 7.07. The van der Waals surface area contributed by atoms with Crippen LogP contribution in [-0.4, -0.2) is 45.7 Å². The zero-order valence-electron chi connectivity index (χ0n) is 14.1. The number of hydrogen-bond donors (Lipinski definition) is 2. The quantitative estimate of drug-likeness (QED) is 0.901. The van der Waals surface area contributed by atoms with Gasteiger partial charge in [0.15, 0.2) is 0 Å².